The van der Waals surface area contributed by atoms with Crippen molar-refractivity contribution in [2.75, 3.05) is 17.7 Å². The average molecular weight is 487 g/mol. The van der Waals surface area contributed by atoms with Crippen LogP contribution in [-0.2, 0) is 10.0 Å². The summed E-state index contributed by atoms with van der Waals surface area (Å²) in [6, 6.07) is 12.8. The van der Waals surface area contributed by atoms with Crippen LogP contribution in [-0.4, -0.2) is 26.1 Å². The summed E-state index contributed by atoms with van der Waals surface area (Å²) in [5, 5.41) is 6.01. The fourth-order valence-electron chi connectivity index (χ4n) is 3.25. The van der Waals surface area contributed by atoms with Crippen LogP contribution in [0, 0.1) is 12.7 Å². The number of carbonyl (C=O) groups is 1. The maximum Gasteiger partial charge on any atom is 0.333 e. The third-order valence-corrected chi connectivity index (χ3v) is 7.70. The van der Waals surface area contributed by atoms with Gasteiger partial charge in [-0.1, -0.05) is 0 Å². The van der Waals surface area contributed by atoms with Crippen molar-refractivity contribution < 1.29 is 17.6 Å². The summed E-state index contributed by atoms with van der Waals surface area (Å²) in [4.78, 5) is 25.8. The highest BCUT2D eigenvalue weighted by molar-refractivity contribution is 7.92. The third kappa shape index (κ3) is 4.59. The van der Waals surface area contributed by atoms with Gasteiger partial charge >= 0.3 is 6.03 Å². The molecule has 0 spiro atoms. The van der Waals surface area contributed by atoms with E-state index >= 15 is 0 Å². The number of pyridine rings is 1. The van der Waals surface area contributed by atoms with Crippen molar-refractivity contribution >= 4 is 49.5 Å². The van der Waals surface area contributed by atoms with Gasteiger partial charge in [0.25, 0.3) is 15.6 Å². The number of benzene rings is 2. The topological polar surface area (TPSA) is 109 Å². The lowest BCUT2D eigenvalue weighted by atomic mass is 10.1. The van der Waals surface area contributed by atoms with Crippen LogP contribution in [0.25, 0.3) is 16.5 Å². The van der Waals surface area contributed by atoms with Gasteiger partial charge in [0.05, 0.1) is 11.1 Å². The van der Waals surface area contributed by atoms with Crippen molar-refractivity contribution in [2.45, 2.75) is 11.1 Å². The smallest absolute Gasteiger partial charge is 0.333 e. The van der Waals surface area contributed by atoms with E-state index in [2.05, 4.69) is 10.6 Å². The lowest BCUT2D eigenvalue weighted by Gasteiger charge is -2.11. The van der Waals surface area contributed by atoms with Gasteiger partial charge in [0.2, 0.25) is 0 Å². The first-order valence-corrected chi connectivity index (χ1v) is 12.0. The number of fused-ring (bicyclic) bond motifs is 1. The van der Waals surface area contributed by atoms with Gasteiger partial charge in [0, 0.05) is 29.5 Å². The summed E-state index contributed by atoms with van der Waals surface area (Å²) in [6.07, 6.45) is 1.58. The molecule has 11 heteroatoms. The predicted octanol–water partition coefficient (Wildman–Crippen LogP) is 4.05. The molecule has 0 fully saturated rings. The first-order chi connectivity index (χ1) is 15.7. The number of nitrogens with zero attached hydrogens (tertiary/aromatic N) is 1. The molecule has 2 amide bonds. The summed E-state index contributed by atoms with van der Waals surface area (Å²) in [5.74, 6) is -0.530. The number of anilines is 2. The molecule has 170 valence electrons. The van der Waals surface area contributed by atoms with Gasteiger partial charge in [0.1, 0.15) is 10.0 Å². The number of aromatic nitrogens is 1. The molecular weight excluding hydrogens is 467 g/mol. The van der Waals surface area contributed by atoms with Gasteiger partial charge in [-0.2, -0.15) is 0 Å². The number of nitrogens with one attached hydrogen (secondary N) is 3. The van der Waals surface area contributed by atoms with Crippen LogP contribution in [0.5, 0.6) is 0 Å². The molecule has 0 saturated heterocycles. The van der Waals surface area contributed by atoms with Gasteiger partial charge in [-0.05, 0) is 66.9 Å². The van der Waals surface area contributed by atoms with Gasteiger partial charge in [-0.25, -0.2) is 22.3 Å². The number of hydrogen-bond acceptors (Lipinski definition) is 6. The number of urea groups is 1. The second kappa shape index (κ2) is 8.68. The molecule has 0 aliphatic rings. The zero-order chi connectivity index (χ0) is 23.8. The Kier molecular flexibility index (Phi) is 5.91. The van der Waals surface area contributed by atoms with Gasteiger partial charge in [-0.15, -0.1) is 11.3 Å². The summed E-state index contributed by atoms with van der Waals surface area (Å²) in [7, 11) is -2.37. The number of thiophene rings is 1. The van der Waals surface area contributed by atoms with Crippen molar-refractivity contribution in [3.8, 4) is 5.69 Å². The molecule has 0 unspecified atom stereocenters. The minimum absolute atomic E-state index is 0.0412. The van der Waals surface area contributed by atoms with Gasteiger partial charge in [-0.3, -0.25) is 9.36 Å². The summed E-state index contributed by atoms with van der Waals surface area (Å²) < 4.78 is 42.0. The SMILES string of the molecule is CNc1cc2ccn(-c3ccc(NC(=O)NS(=O)(=O)c4ccc(C)s4)cc3)c(=O)c2cc1F. The van der Waals surface area contributed by atoms with E-state index in [-0.39, 0.29) is 9.60 Å². The Bertz CT molecular complexity index is 1530. The maximum absolute atomic E-state index is 14.1. The maximum atomic E-state index is 14.1. The van der Waals surface area contributed by atoms with Crippen LogP contribution in [0.1, 0.15) is 4.88 Å². The molecule has 8 nitrogen and oxygen atoms in total. The van der Waals surface area contributed by atoms with Crippen LogP contribution in [0.15, 0.2) is 69.8 Å². The molecule has 0 bridgehead atoms. The van der Waals surface area contributed by atoms with Gasteiger partial charge in [0.15, 0.2) is 0 Å². The van der Waals surface area contributed by atoms with Crippen LogP contribution in [0.2, 0.25) is 0 Å². The number of amides is 2. The van der Waals surface area contributed by atoms with E-state index in [1.165, 1.54) is 28.8 Å². The number of halogens is 1. The zero-order valence-electron chi connectivity index (χ0n) is 17.5. The standard InChI is InChI=1S/C22H19FN4O4S2/c1-13-3-8-20(32-13)33(30,31)26-22(29)25-15-4-6-16(7-5-15)27-10-9-14-11-19(24-2)18(23)12-17(14)21(27)28/h3-12,24H,1-2H3,(H2,25,26,29). The highest BCUT2D eigenvalue weighted by Gasteiger charge is 2.19. The Balaban J connectivity index is 1.54. The molecule has 4 rings (SSSR count). The van der Waals surface area contributed by atoms with Crippen molar-refractivity contribution in [3.05, 3.63) is 81.8 Å². The molecule has 2 aromatic carbocycles. The molecule has 0 aliphatic heterocycles. The van der Waals surface area contributed by atoms with Crippen LogP contribution in [0.3, 0.4) is 0 Å². The molecule has 2 aromatic heterocycles. The molecule has 0 radical (unpaired) electrons. The summed E-state index contributed by atoms with van der Waals surface area (Å²) >= 11 is 1.06. The van der Waals surface area contributed by atoms with E-state index < -0.39 is 27.4 Å². The lowest BCUT2D eigenvalue weighted by Crippen LogP contribution is -2.33. The minimum atomic E-state index is -3.97. The fourth-order valence-corrected chi connectivity index (χ4v) is 5.44. The number of rotatable bonds is 5. The fraction of sp³-hybridized carbons (Fsp3) is 0.0909. The quantitative estimate of drug-likeness (QED) is 0.394. The monoisotopic (exact) mass is 486 g/mol. The normalized spacial score (nSPS) is 11.4. The van der Waals surface area contributed by atoms with Crippen molar-refractivity contribution in [3.63, 3.8) is 0 Å². The first-order valence-electron chi connectivity index (χ1n) is 9.71. The average Bonchev–Trinajstić information content (AvgIpc) is 3.22. The molecule has 0 saturated carbocycles. The lowest BCUT2D eigenvalue weighted by molar-refractivity contribution is 0.256. The van der Waals surface area contributed by atoms with Crippen LogP contribution >= 0.6 is 11.3 Å². The molecule has 0 aliphatic carbocycles. The molecule has 4 aromatic rings. The second-order valence-corrected chi connectivity index (χ2v) is 10.3. The van der Waals surface area contributed by atoms with Crippen LogP contribution in [0.4, 0.5) is 20.6 Å². The molecule has 33 heavy (non-hydrogen) atoms. The van der Waals surface area contributed by atoms with E-state index in [0.29, 0.717) is 22.4 Å². The van der Waals surface area contributed by atoms with Crippen molar-refractivity contribution in [1.29, 1.82) is 0 Å². The van der Waals surface area contributed by atoms with E-state index in [0.717, 1.165) is 16.2 Å². The van der Waals surface area contributed by atoms with E-state index in [1.54, 1.807) is 50.5 Å². The predicted molar refractivity (Wildman–Crippen MR) is 127 cm³/mol. The Hall–Kier alpha value is -3.70. The first kappa shape index (κ1) is 22.5. The molecule has 0 atom stereocenters. The Labute approximate surface area is 192 Å². The number of hydrogen-bond donors (Lipinski definition) is 3. The third-order valence-electron chi connectivity index (χ3n) is 4.87. The number of aryl methyl sites for hydroxylation is 1. The van der Waals surface area contributed by atoms with Crippen molar-refractivity contribution in [2.24, 2.45) is 0 Å². The molecule has 2 heterocycles. The summed E-state index contributed by atoms with van der Waals surface area (Å²) in [6.45, 7) is 1.77. The Morgan fingerprint density at radius 2 is 1.79 bits per heavy atom. The summed E-state index contributed by atoms with van der Waals surface area (Å²) in [5.41, 5.74) is 0.717. The second-order valence-electron chi connectivity index (χ2n) is 7.13. The number of sulfonamides is 1. The van der Waals surface area contributed by atoms with E-state index in [1.807, 2.05) is 4.72 Å². The largest absolute Gasteiger partial charge is 0.386 e. The van der Waals surface area contributed by atoms with Crippen LogP contribution < -0.4 is 20.9 Å². The number of carbonyl (C=O) groups excluding carboxylic acids is 1. The highest BCUT2D eigenvalue weighted by atomic mass is 32.2. The highest BCUT2D eigenvalue weighted by Crippen LogP contribution is 2.22. The van der Waals surface area contributed by atoms with E-state index in [4.69, 9.17) is 0 Å². The van der Waals surface area contributed by atoms with Crippen molar-refractivity contribution in [1.82, 2.24) is 9.29 Å². The van der Waals surface area contributed by atoms with E-state index in [9.17, 15) is 22.4 Å². The van der Waals surface area contributed by atoms with Gasteiger partial charge < -0.3 is 10.6 Å². The Morgan fingerprint density at radius 1 is 1.06 bits per heavy atom. The minimum Gasteiger partial charge on any atom is -0.386 e. The molecular formula is C22H19FN4O4S2. The Morgan fingerprint density at radius 3 is 2.42 bits per heavy atom. The molecule has 3 N–H and O–H groups in total. The zero-order valence-corrected chi connectivity index (χ0v) is 19.2.